The first-order valence-electron chi connectivity index (χ1n) is 4.47. The highest BCUT2D eigenvalue weighted by Crippen LogP contribution is 2.18. The third kappa shape index (κ3) is 2.48. The normalized spacial score (nSPS) is 11.3. The lowest BCUT2D eigenvalue weighted by Crippen LogP contribution is -2.05. The molecule has 0 saturated heterocycles. The van der Waals surface area contributed by atoms with E-state index in [-0.39, 0.29) is 5.75 Å². The van der Waals surface area contributed by atoms with Gasteiger partial charge in [-0.25, -0.2) is 8.42 Å². The lowest BCUT2D eigenvalue weighted by molar-refractivity contribution is 0.413. The predicted octanol–water partition coefficient (Wildman–Crippen LogP) is 1.88. The number of rotatable bonds is 4. The van der Waals surface area contributed by atoms with E-state index in [2.05, 4.69) is 0 Å². The van der Waals surface area contributed by atoms with Gasteiger partial charge in [-0.05, 0) is 24.6 Å². The Bertz CT molecular complexity index is 396. The topological polar surface area (TPSA) is 43.4 Å². The van der Waals surface area contributed by atoms with Crippen molar-refractivity contribution in [2.24, 2.45) is 0 Å². The summed E-state index contributed by atoms with van der Waals surface area (Å²) in [6.45, 7) is 1.84. The molecule has 0 heterocycles. The van der Waals surface area contributed by atoms with Gasteiger partial charge in [0.25, 0.3) is 0 Å². The third-order valence-corrected chi connectivity index (χ3v) is 3.79. The Hall–Kier alpha value is -1.03. The minimum Gasteiger partial charge on any atom is -0.497 e. The lowest BCUT2D eigenvalue weighted by atomic mass is 10.3. The minimum atomic E-state index is -3.12. The van der Waals surface area contributed by atoms with Gasteiger partial charge >= 0.3 is 0 Å². The summed E-state index contributed by atoms with van der Waals surface area (Å²) in [4.78, 5) is 0.332. The van der Waals surface area contributed by atoms with Crippen molar-refractivity contribution in [1.29, 1.82) is 0 Å². The molecular weight excluding hydrogens is 200 g/mol. The summed E-state index contributed by atoms with van der Waals surface area (Å²) < 4.78 is 28.3. The van der Waals surface area contributed by atoms with Crippen LogP contribution in [0.4, 0.5) is 0 Å². The highest BCUT2D eigenvalue weighted by molar-refractivity contribution is 7.91. The van der Waals surface area contributed by atoms with Crippen LogP contribution in [0, 0.1) is 0 Å². The summed E-state index contributed by atoms with van der Waals surface area (Å²) in [5, 5.41) is 0. The molecule has 0 unspecified atom stereocenters. The number of hydrogen-bond acceptors (Lipinski definition) is 3. The van der Waals surface area contributed by atoms with Gasteiger partial charge in [0.1, 0.15) is 5.75 Å². The quantitative estimate of drug-likeness (QED) is 0.768. The van der Waals surface area contributed by atoms with Crippen LogP contribution in [0.3, 0.4) is 0 Å². The van der Waals surface area contributed by atoms with Crippen molar-refractivity contribution in [2.75, 3.05) is 12.9 Å². The van der Waals surface area contributed by atoms with Gasteiger partial charge in [-0.2, -0.15) is 0 Å². The molecular formula is C10H14O3S. The first-order chi connectivity index (χ1) is 6.60. The molecule has 0 radical (unpaired) electrons. The molecule has 14 heavy (non-hydrogen) atoms. The highest BCUT2D eigenvalue weighted by atomic mass is 32.2. The Labute approximate surface area is 84.6 Å². The molecule has 0 atom stereocenters. The van der Waals surface area contributed by atoms with Crippen LogP contribution in [0.1, 0.15) is 13.3 Å². The minimum absolute atomic E-state index is 0.181. The van der Waals surface area contributed by atoms with Crippen molar-refractivity contribution in [3.8, 4) is 5.75 Å². The molecule has 0 aliphatic heterocycles. The Morgan fingerprint density at radius 3 is 2.64 bits per heavy atom. The van der Waals surface area contributed by atoms with Crippen molar-refractivity contribution in [3.63, 3.8) is 0 Å². The standard InChI is InChI=1S/C10H14O3S/c1-3-7-14(11,12)10-6-4-5-9(8-10)13-2/h4-6,8H,3,7H2,1-2H3. The van der Waals surface area contributed by atoms with Crippen LogP contribution in [0.5, 0.6) is 5.75 Å². The maximum absolute atomic E-state index is 11.6. The van der Waals surface area contributed by atoms with Crippen molar-refractivity contribution in [2.45, 2.75) is 18.2 Å². The van der Waals surface area contributed by atoms with Gasteiger partial charge in [-0.1, -0.05) is 13.0 Å². The first-order valence-corrected chi connectivity index (χ1v) is 6.12. The largest absolute Gasteiger partial charge is 0.497 e. The van der Waals surface area contributed by atoms with Crippen LogP contribution in [0.25, 0.3) is 0 Å². The van der Waals surface area contributed by atoms with E-state index in [1.165, 1.54) is 7.11 Å². The summed E-state index contributed by atoms with van der Waals surface area (Å²) in [7, 11) is -1.60. The molecule has 1 rings (SSSR count). The van der Waals surface area contributed by atoms with Crippen molar-refractivity contribution in [3.05, 3.63) is 24.3 Å². The summed E-state index contributed by atoms with van der Waals surface area (Å²) >= 11 is 0. The van der Waals surface area contributed by atoms with E-state index >= 15 is 0 Å². The van der Waals surface area contributed by atoms with Crippen LogP contribution in [0.15, 0.2) is 29.2 Å². The number of sulfone groups is 1. The molecule has 0 amide bonds. The van der Waals surface area contributed by atoms with Crippen LogP contribution >= 0.6 is 0 Å². The maximum atomic E-state index is 11.6. The molecule has 0 saturated carbocycles. The first kappa shape index (κ1) is 11.0. The molecule has 0 spiro atoms. The molecule has 0 fully saturated rings. The molecule has 0 bridgehead atoms. The van der Waals surface area contributed by atoms with E-state index in [1.807, 2.05) is 6.92 Å². The van der Waals surface area contributed by atoms with E-state index in [0.717, 1.165) is 0 Å². The molecule has 0 aromatic heterocycles. The van der Waals surface area contributed by atoms with Crippen molar-refractivity contribution < 1.29 is 13.2 Å². The maximum Gasteiger partial charge on any atom is 0.178 e. The summed E-state index contributed by atoms with van der Waals surface area (Å²) in [6, 6.07) is 6.55. The van der Waals surface area contributed by atoms with E-state index < -0.39 is 9.84 Å². The summed E-state index contributed by atoms with van der Waals surface area (Å²) in [5.41, 5.74) is 0. The second-order valence-corrected chi connectivity index (χ2v) is 5.11. The van der Waals surface area contributed by atoms with Crippen molar-refractivity contribution >= 4 is 9.84 Å². The van der Waals surface area contributed by atoms with Crippen molar-refractivity contribution in [1.82, 2.24) is 0 Å². The number of ether oxygens (including phenoxy) is 1. The Balaban J connectivity index is 3.07. The molecule has 4 heteroatoms. The van der Waals surface area contributed by atoms with E-state index in [4.69, 9.17) is 4.74 Å². The van der Waals surface area contributed by atoms with Gasteiger partial charge < -0.3 is 4.74 Å². The molecule has 0 aliphatic carbocycles. The van der Waals surface area contributed by atoms with Gasteiger partial charge in [0, 0.05) is 0 Å². The zero-order valence-corrected chi connectivity index (χ0v) is 9.17. The van der Waals surface area contributed by atoms with Gasteiger partial charge in [0.05, 0.1) is 17.8 Å². The summed E-state index contributed by atoms with van der Waals surface area (Å²) in [6.07, 6.45) is 0.625. The van der Waals surface area contributed by atoms with Gasteiger partial charge in [0.2, 0.25) is 0 Å². The van der Waals surface area contributed by atoms with E-state index in [0.29, 0.717) is 17.1 Å². The molecule has 78 valence electrons. The Kier molecular flexibility index (Phi) is 3.52. The van der Waals surface area contributed by atoms with Crippen LogP contribution in [-0.2, 0) is 9.84 Å². The van der Waals surface area contributed by atoms with E-state index in [9.17, 15) is 8.42 Å². The smallest absolute Gasteiger partial charge is 0.178 e. The molecule has 0 aliphatic rings. The van der Waals surface area contributed by atoms with Crippen LogP contribution in [-0.4, -0.2) is 21.3 Å². The lowest BCUT2D eigenvalue weighted by Gasteiger charge is -2.04. The average Bonchev–Trinajstić information content (AvgIpc) is 2.18. The molecule has 1 aromatic rings. The summed E-state index contributed by atoms with van der Waals surface area (Å²) in [5.74, 6) is 0.752. The third-order valence-electron chi connectivity index (χ3n) is 1.87. The highest BCUT2D eigenvalue weighted by Gasteiger charge is 2.13. The number of methoxy groups -OCH3 is 1. The van der Waals surface area contributed by atoms with Crippen LogP contribution < -0.4 is 4.74 Å². The second kappa shape index (κ2) is 4.46. The zero-order valence-electron chi connectivity index (χ0n) is 8.36. The van der Waals surface area contributed by atoms with E-state index in [1.54, 1.807) is 24.3 Å². The Morgan fingerprint density at radius 1 is 1.36 bits per heavy atom. The molecule has 3 nitrogen and oxygen atoms in total. The Morgan fingerprint density at radius 2 is 2.07 bits per heavy atom. The van der Waals surface area contributed by atoms with Crippen LogP contribution in [0.2, 0.25) is 0 Å². The molecule has 0 N–H and O–H groups in total. The fourth-order valence-electron chi connectivity index (χ4n) is 1.18. The SMILES string of the molecule is CCCS(=O)(=O)c1cccc(OC)c1. The van der Waals surface area contributed by atoms with Gasteiger partial charge in [0.15, 0.2) is 9.84 Å². The predicted molar refractivity (Wildman–Crippen MR) is 55.3 cm³/mol. The monoisotopic (exact) mass is 214 g/mol. The number of benzene rings is 1. The second-order valence-electron chi connectivity index (χ2n) is 3.00. The van der Waals surface area contributed by atoms with Gasteiger partial charge in [-0.15, -0.1) is 0 Å². The fourth-order valence-corrected chi connectivity index (χ4v) is 2.54. The number of hydrogen-bond donors (Lipinski definition) is 0. The van der Waals surface area contributed by atoms with Gasteiger partial charge in [-0.3, -0.25) is 0 Å². The molecule has 1 aromatic carbocycles. The fraction of sp³-hybridized carbons (Fsp3) is 0.400. The average molecular weight is 214 g/mol. The zero-order chi connectivity index (χ0) is 10.6.